The zero-order valence-corrected chi connectivity index (χ0v) is 12.7. The van der Waals surface area contributed by atoms with E-state index in [1.807, 2.05) is 41.2 Å². The monoisotopic (exact) mass is 326 g/mol. The molecule has 0 atom stereocenters. The highest BCUT2D eigenvalue weighted by Gasteiger charge is 2.14. The number of hydrogen-bond acceptors (Lipinski definition) is 4. The van der Waals surface area contributed by atoms with Gasteiger partial charge in [0.25, 0.3) is 5.69 Å². The Balaban J connectivity index is 1.66. The molecule has 0 bridgehead atoms. The van der Waals surface area contributed by atoms with E-state index in [0.717, 1.165) is 17.2 Å². The largest absolute Gasteiger partial charge is 0.375 e. The Kier molecular flexibility index (Phi) is 4.51. The summed E-state index contributed by atoms with van der Waals surface area (Å²) in [5.74, 6) is -0.629. The summed E-state index contributed by atoms with van der Waals surface area (Å²) in [6.45, 7) is 1.10. The lowest BCUT2D eigenvalue weighted by Gasteiger charge is -2.08. The molecule has 0 aliphatic rings. The van der Waals surface area contributed by atoms with Crippen molar-refractivity contribution in [3.05, 3.63) is 88.0 Å². The van der Waals surface area contributed by atoms with Crippen LogP contribution < -0.4 is 5.32 Å². The van der Waals surface area contributed by atoms with Crippen molar-refractivity contribution < 1.29 is 9.31 Å². The Labute approximate surface area is 137 Å². The quantitative estimate of drug-likeness (QED) is 0.555. The number of nitro groups is 1. The van der Waals surface area contributed by atoms with Crippen LogP contribution in [0.3, 0.4) is 0 Å². The van der Waals surface area contributed by atoms with Gasteiger partial charge in [0.1, 0.15) is 11.5 Å². The Bertz CT molecular complexity index is 832. The van der Waals surface area contributed by atoms with Crippen molar-refractivity contribution >= 4 is 11.4 Å². The molecule has 0 aliphatic carbocycles. The lowest BCUT2D eigenvalue weighted by atomic mass is 10.1. The van der Waals surface area contributed by atoms with Crippen LogP contribution in [0.1, 0.15) is 11.1 Å². The Morgan fingerprint density at radius 1 is 1.17 bits per heavy atom. The maximum Gasteiger partial charge on any atom is 0.295 e. The molecule has 2 aromatic carbocycles. The molecule has 122 valence electrons. The van der Waals surface area contributed by atoms with Gasteiger partial charge in [0.2, 0.25) is 0 Å². The van der Waals surface area contributed by atoms with Crippen LogP contribution in [0.15, 0.2) is 60.9 Å². The number of nitrogens with one attached hydrogen (secondary N) is 1. The summed E-state index contributed by atoms with van der Waals surface area (Å²) in [6.07, 6.45) is 3.62. The fraction of sp³-hybridized carbons (Fsp3) is 0.118. The summed E-state index contributed by atoms with van der Waals surface area (Å²) in [4.78, 5) is 10.4. The highest BCUT2D eigenvalue weighted by Crippen LogP contribution is 2.25. The molecular weight excluding hydrogens is 311 g/mol. The summed E-state index contributed by atoms with van der Waals surface area (Å²) in [7, 11) is 0. The maximum absolute atomic E-state index is 13.1. The summed E-state index contributed by atoms with van der Waals surface area (Å²) in [6, 6.07) is 13.2. The van der Waals surface area contributed by atoms with Crippen LogP contribution in [0.4, 0.5) is 15.8 Å². The number of aromatic nitrogens is 2. The van der Waals surface area contributed by atoms with E-state index in [2.05, 4.69) is 10.4 Å². The van der Waals surface area contributed by atoms with Crippen molar-refractivity contribution in [2.75, 3.05) is 5.32 Å². The van der Waals surface area contributed by atoms with Crippen LogP contribution in [0, 0.1) is 15.9 Å². The first-order chi connectivity index (χ1) is 11.6. The van der Waals surface area contributed by atoms with E-state index in [4.69, 9.17) is 0 Å². The molecule has 0 spiro atoms. The molecule has 24 heavy (non-hydrogen) atoms. The molecule has 0 saturated heterocycles. The Morgan fingerprint density at radius 3 is 2.58 bits per heavy atom. The number of halogens is 1. The third-order valence-corrected chi connectivity index (χ3v) is 3.57. The molecule has 7 heteroatoms. The third-order valence-electron chi connectivity index (χ3n) is 3.57. The minimum Gasteiger partial charge on any atom is -0.375 e. The van der Waals surface area contributed by atoms with E-state index in [-0.39, 0.29) is 5.69 Å². The van der Waals surface area contributed by atoms with Gasteiger partial charge in [-0.15, -0.1) is 0 Å². The maximum atomic E-state index is 13.1. The predicted molar refractivity (Wildman–Crippen MR) is 88.2 cm³/mol. The molecule has 1 heterocycles. The highest BCUT2D eigenvalue weighted by molar-refractivity contribution is 5.61. The molecule has 0 amide bonds. The second-order valence-corrected chi connectivity index (χ2v) is 5.29. The van der Waals surface area contributed by atoms with Crippen LogP contribution in [0.25, 0.3) is 0 Å². The Hall–Kier alpha value is -3.22. The van der Waals surface area contributed by atoms with Gasteiger partial charge >= 0.3 is 0 Å². The zero-order valence-electron chi connectivity index (χ0n) is 12.7. The van der Waals surface area contributed by atoms with Gasteiger partial charge in [-0.25, -0.2) is 4.39 Å². The predicted octanol–water partition coefficient (Wildman–Crippen LogP) is 3.59. The van der Waals surface area contributed by atoms with Gasteiger partial charge < -0.3 is 5.32 Å². The van der Waals surface area contributed by atoms with E-state index < -0.39 is 10.7 Å². The first-order valence-corrected chi connectivity index (χ1v) is 7.35. The van der Waals surface area contributed by atoms with Crippen molar-refractivity contribution in [1.29, 1.82) is 0 Å². The SMILES string of the molecule is O=[N+]([O-])c1cc(F)ccc1NCc1ccc(Cn2cccn2)cc1. The smallest absolute Gasteiger partial charge is 0.295 e. The minimum atomic E-state index is -0.629. The fourth-order valence-electron chi connectivity index (χ4n) is 2.35. The summed E-state index contributed by atoms with van der Waals surface area (Å²) in [5, 5.41) is 18.1. The fourth-order valence-corrected chi connectivity index (χ4v) is 2.35. The average Bonchev–Trinajstić information content (AvgIpc) is 3.08. The molecule has 1 N–H and O–H groups in total. The lowest BCUT2D eigenvalue weighted by Crippen LogP contribution is -2.04. The molecule has 1 aromatic heterocycles. The molecule has 0 aliphatic heterocycles. The lowest BCUT2D eigenvalue weighted by molar-refractivity contribution is -0.384. The number of rotatable bonds is 6. The number of benzene rings is 2. The third kappa shape index (κ3) is 3.75. The van der Waals surface area contributed by atoms with E-state index in [1.165, 1.54) is 12.1 Å². The summed E-state index contributed by atoms with van der Waals surface area (Å²) >= 11 is 0. The topological polar surface area (TPSA) is 73.0 Å². The zero-order chi connectivity index (χ0) is 16.9. The molecule has 0 saturated carbocycles. The van der Waals surface area contributed by atoms with Gasteiger partial charge in [-0.05, 0) is 29.3 Å². The normalized spacial score (nSPS) is 10.5. The van der Waals surface area contributed by atoms with Crippen LogP contribution >= 0.6 is 0 Å². The summed E-state index contributed by atoms with van der Waals surface area (Å²) in [5.41, 5.74) is 2.10. The minimum absolute atomic E-state index is 0.273. The van der Waals surface area contributed by atoms with Crippen molar-refractivity contribution in [2.24, 2.45) is 0 Å². The van der Waals surface area contributed by atoms with Gasteiger partial charge in [-0.3, -0.25) is 14.8 Å². The van der Waals surface area contributed by atoms with Crippen LogP contribution in [-0.2, 0) is 13.1 Å². The van der Waals surface area contributed by atoms with E-state index in [1.54, 1.807) is 6.20 Å². The number of nitrogens with zero attached hydrogens (tertiary/aromatic N) is 3. The number of hydrogen-bond donors (Lipinski definition) is 1. The Morgan fingerprint density at radius 2 is 1.92 bits per heavy atom. The van der Waals surface area contributed by atoms with Crippen molar-refractivity contribution in [3.63, 3.8) is 0 Å². The van der Waals surface area contributed by atoms with Gasteiger partial charge in [-0.1, -0.05) is 24.3 Å². The molecular formula is C17H15FN4O2. The van der Waals surface area contributed by atoms with Crippen LogP contribution in [-0.4, -0.2) is 14.7 Å². The second-order valence-electron chi connectivity index (χ2n) is 5.29. The summed E-state index contributed by atoms with van der Waals surface area (Å²) < 4.78 is 15.0. The highest BCUT2D eigenvalue weighted by atomic mass is 19.1. The standard InChI is InChI=1S/C17H15FN4O2/c18-15-6-7-16(17(10-15)22(23)24)19-11-13-2-4-14(5-3-13)12-21-9-1-8-20-21/h1-10,19H,11-12H2. The average molecular weight is 326 g/mol. The van der Waals surface area contributed by atoms with Crippen molar-refractivity contribution in [1.82, 2.24) is 9.78 Å². The van der Waals surface area contributed by atoms with Crippen molar-refractivity contribution in [3.8, 4) is 0 Å². The molecule has 0 radical (unpaired) electrons. The first kappa shape index (κ1) is 15.7. The molecule has 0 fully saturated rings. The number of nitro benzene ring substituents is 1. The van der Waals surface area contributed by atoms with E-state index in [9.17, 15) is 14.5 Å². The van der Waals surface area contributed by atoms with Gasteiger partial charge in [0.15, 0.2) is 0 Å². The van der Waals surface area contributed by atoms with Crippen LogP contribution in [0.5, 0.6) is 0 Å². The van der Waals surface area contributed by atoms with E-state index >= 15 is 0 Å². The van der Waals surface area contributed by atoms with Gasteiger partial charge in [-0.2, -0.15) is 5.10 Å². The van der Waals surface area contributed by atoms with Gasteiger partial charge in [0.05, 0.1) is 17.5 Å². The second kappa shape index (κ2) is 6.91. The first-order valence-electron chi connectivity index (χ1n) is 7.35. The van der Waals surface area contributed by atoms with Gasteiger partial charge in [0, 0.05) is 18.9 Å². The van der Waals surface area contributed by atoms with Crippen molar-refractivity contribution in [2.45, 2.75) is 13.1 Å². The van der Waals surface area contributed by atoms with E-state index in [0.29, 0.717) is 18.8 Å². The molecule has 6 nitrogen and oxygen atoms in total. The van der Waals surface area contributed by atoms with Crippen LogP contribution in [0.2, 0.25) is 0 Å². The number of anilines is 1. The molecule has 3 rings (SSSR count). The molecule has 0 unspecified atom stereocenters. The molecule has 3 aromatic rings.